The molecule has 2 amide bonds. The maximum Gasteiger partial charge on any atom is 0.251 e. The monoisotopic (exact) mass is 443 g/mol. The van der Waals surface area contributed by atoms with Crippen LogP contribution < -0.4 is 11.1 Å². The summed E-state index contributed by atoms with van der Waals surface area (Å²) in [7, 11) is -3.94. The highest BCUT2D eigenvalue weighted by atomic mass is 32.2. The summed E-state index contributed by atoms with van der Waals surface area (Å²) in [5.74, 6) is -0.914. The van der Waals surface area contributed by atoms with Gasteiger partial charge in [0.25, 0.3) is 5.91 Å². The number of hydrogen-bond acceptors (Lipinski definition) is 5. The van der Waals surface area contributed by atoms with Crippen LogP contribution in [-0.4, -0.2) is 36.5 Å². The van der Waals surface area contributed by atoms with Crippen LogP contribution in [0.4, 0.5) is 0 Å². The molecule has 1 fully saturated rings. The first-order valence-corrected chi connectivity index (χ1v) is 12.2. The number of unbranched alkanes of at least 4 members (excludes halogenated alkanes) is 1. The van der Waals surface area contributed by atoms with Crippen molar-refractivity contribution in [3.05, 3.63) is 48.2 Å². The maximum absolute atomic E-state index is 13.2. The normalized spacial score (nSPS) is 15.9. The predicted molar refractivity (Wildman–Crippen MR) is 119 cm³/mol. The van der Waals surface area contributed by atoms with E-state index in [1.54, 1.807) is 30.3 Å². The molecule has 0 bridgehead atoms. The minimum Gasteiger partial charge on any atom is -0.368 e. The van der Waals surface area contributed by atoms with Crippen molar-refractivity contribution in [3.8, 4) is 11.3 Å². The first-order valence-electron chi connectivity index (χ1n) is 10.7. The molecule has 1 aromatic carbocycles. The number of carbonyl (C=O) groups excluding carboxylic acids is 2. The summed E-state index contributed by atoms with van der Waals surface area (Å²) in [5.41, 5.74) is 7.45. The van der Waals surface area contributed by atoms with Crippen LogP contribution in [0.2, 0.25) is 0 Å². The van der Waals surface area contributed by atoms with Gasteiger partial charge < -0.3 is 11.1 Å². The average Bonchev–Trinajstić information content (AvgIpc) is 2.79. The molecule has 31 heavy (non-hydrogen) atoms. The second-order valence-electron chi connectivity index (χ2n) is 7.99. The van der Waals surface area contributed by atoms with Crippen molar-refractivity contribution < 1.29 is 18.0 Å². The molecular formula is C23H29N3O4S. The molecule has 1 aliphatic carbocycles. The SMILES string of the molecule is CCCCNC(=O)c1ccc(-c2ccc(S(=O)(=O)C3(C(N)=O)CCCCC3)cn2)cc1. The topological polar surface area (TPSA) is 119 Å². The van der Waals surface area contributed by atoms with Crippen LogP contribution in [-0.2, 0) is 14.6 Å². The summed E-state index contributed by atoms with van der Waals surface area (Å²) in [4.78, 5) is 28.6. The maximum atomic E-state index is 13.2. The van der Waals surface area contributed by atoms with Crippen LogP contribution in [0.15, 0.2) is 47.5 Å². The summed E-state index contributed by atoms with van der Waals surface area (Å²) < 4.78 is 24.9. The molecule has 0 spiro atoms. The first-order chi connectivity index (χ1) is 14.8. The molecule has 0 unspecified atom stereocenters. The molecule has 1 heterocycles. The van der Waals surface area contributed by atoms with Crippen molar-refractivity contribution in [3.63, 3.8) is 0 Å². The zero-order valence-electron chi connectivity index (χ0n) is 17.8. The zero-order chi connectivity index (χ0) is 22.5. The van der Waals surface area contributed by atoms with Gasteiger partial charge in [0.05, 0.1) is 10.6 Å². The lowest BCUT2D eigenvalue weighted by atomic mass is 9.88. The summed E-state index contributed by atoms with van der Waals surface area (Å²) >= 11 is 0. The van der Waals surface area contributed by atoms with Crippen molar-refractivity contribution in [1.82, 2.24) is 10.3 Å². The number of aromatic nitrogens is 1. The molecule has 0 radical (unpaired) electrons. The fourth-order valence-corrected chi connectivity index (χ4v) is 5.96. The number of pyridine rings is 1. The van der Waals surface area contributed by atoms with E-state index in [0.717, 1.165) is 24.8 Å². The van der Waals surface area contributed by atoms with Crippen LogP contribution in [0.25, 0.3) is 11.3 Å². The van der Waals surface area contributed by atoms with Gasteiger partial charge in [-0.05, 0) is 43.5 Å². The van der Waals surface area contributed by atoms with Gasteiger partial charge in [-0.15, -0.1) is 0 Å². The Balaban J connectivity index is 1.80. The van der Waals surface area contributed by atoms with E-state index in [1.165, 1.54) is 12.3 Å². The van der Waals surface area contributed by atoms with Gasteiger partial charge in [0.2, 0.25) is 5.91 Å². The van der Waals surface area contributed by atoms with Gasteiger partial charge >= 0.3 is 0 Å². The number of nitrogens with one attached hydrogen (secondary N) is 1. The molecule has 0 atom stereocenters. The Kier molecular flexibility index (Phi) is 7.10. The molecule has 0 saturated heterocycles. The van der Waals surface area contributed by atoms with Crippen molar-refractivity contribution in [2.45, 2.75) is 61.5 Å². The minimum absolute atomic E-state index is 0.00359. The van der Waals surface area contributed by atoms with E-state index >= 15 is 0 Å². The van der Waals surface area contributed by atoms with E-state index in [9.17, 15) is 18.0 Å². The fraction of sp³-hybridized carbons (Fsp3) is 0.435. The van der Waals surface area contributed by atoms with Gasteiger partial charge in [0, 0.05) is 23.9 Å². The van der Waals surface area contributed by atoms with E-state index in [-0.39, 0.29) is 23.6 Å². The molecule has 7 nitrogen and oxygen atoms in total. The number of benzene rings is 1. The lowest BCUT2D eigenvalue weighted by Crippen LogP contribution is -2.51. The standard InChI is InChI=1S/C23H29N3O4S/c1-2-3-15-25-21(27)18-9-7-17(8-10-18)20-12-11-19(16-26-20)31(29,30)23(22(24)28)13-5-4-6-14-23/h7-12,16H,2-6,13-15H2,1H3,(H2,24,28)(H,25,27). The predicted octanol–water partition coefficient (Wildman–Crippen LogP) is 3.24. The smallest absolute Gasteiger partial charge is 0.251 e. The Morgan fingerprint density at radius 1 is 1.06 bits per heavy atom. The average molecular weight is 444 g/mol. The minimum atomic E-state index is -3.94. The third kappa shape index (κ3) is 4.63. The van der Waals surface area contributed by atoms with E-state index in [1.807, 2.05) is 0 Å². The Labute approximate surface area is 183 Å². The number of nitrogens with zero attached hydrogens (tertiary/aromatic N) is 1. The van der Waals surface area contributed by atoms with Crippen molar-refractivity contribution in [1.29, 1.82) is 0 Å². The third-order valence-corrected chi connectivity index (χ3v) is 8.43. The molecule has 1 aromatic heterocycles. The Bertz CT molecular complexity index is 1030. The Morgan fingerprint density at radius 2 is 1.74 bits per heavy atom. The number of amides is 2. The summed E-state index contributed by atoms with van der Waals surface area (Å²) in [6.45, 7) is 2.70. The molecule has 1 aliphatic rings. The van der Waals surface area contributed by atoms with Gasteiger partial charge in [0.15, 0.2) is 14.6 Å². The highest BCUT2D eigenvalue weighted by Crippen LogP contribution is 2.39. The molecule has 3 rings (SSSR count). The second kappa shape index (κ2) is 9.60. The van der Waals surface area contributed by atoms with E-state index in [2.05, 4.69) is 17.2 Å². The van der Waals surface area contributed by atoms with Gasteiger partial charge in [-0.2, -0.15) is 0 Å². The third-order valence-electron chi connectivity index (χ3n) is 5.93. The second-order valence-corrected chi connectivity index (χ2v) is 10.2. The van der Waals surface area contributed by atoms with Gasteiger partial charge in [0.1, 0.15) is 0 Å². The molecule has 166 valence electrons. The number of carbonyl (C=O) groups is 2. The number of hydrogen-bond donors (Lipinski definition) is 2. The number of rotatable bonds is 8. The molecular weight excluding hydrogens is 414 g/mol. The van der Waals surface area contributed by atoms with Gasteiger partial charge in [-0.25, -0.2) is 8.42 Å². The zero-order valence-corrected chi connectivity index (χ0v) is 18.6. The number of nitrogens with two attached hydrogens (primary N) is 1. The van der Waals surface area contributed by atoms with Crippen LogP contribution in [0.1, 0.15) is 62.2 Å². The Morgan fingerprint density at radius 3 is 2.29 bits per heavy atom. The van der Waals surface area contributed by atoms with Crippen LogP contribution in [0.3, 0.4) is 0 Å². The van der Waals surface area contributed by atoms with Crippen molar-refractivity contribution in [2.75, 3.05) is 6.54 Å². The lowest BCUT2D eigenvalue weighted by Gasteiger charge is -2.33. The summed E-state index contributed by atoms with van der Waals surface area (Å²) in [6.07, 6.45) is 5.93. The van der Waals surface area contributed by atoms with Gasteiger partial charge in [-0.1, -0.05) is 44.7 Å². The largest absolute Gasteiger partial charge is 0.368 e. The number of primary amides is 1. The van der Waals surface area contributed by atoms with E-state index < -0.39 is 20.5 Å². The highest BCUT2D eigenvalue weighted by Gasteiger charge is 2.50. The molecule has 8 heteroatoms. The quantitative estimate of drug-likeness (QED) is 0.607. The van der Waals surface area contributed by atoms with Crippen molar-refractivity contribution >= 4 is 21.7 Å². The molecule has 0 aliphatic heterocycles. The first kappa shape index (κ1) is 22.9. The fourth-order valence-electron chi connectivity index (χ4n) is 3.98. The summed E-state index contributed by atoms with van der Waals surface area (Å²) in [6, 6.07) is 10.1. The van der Waals surface area contributed by atoms with Crippen LogP contribution in [0, 0.1) is 0 Å². The summed E-state index contributed by atoms with van der Waals surface area (Å²) in [5, 5.41) is 2.87. The molecule has 2 aromatic rings. The van der Waals surface area contributed by atoms with E-state index in [0.29, 0.717) is 30.6 Å². The van der Waals surface area contributed by atoms with Crippen LogP contribution in [0.5, 0.6) is 0 Å². The highest BCUT2D eigenvalue weighted by molar-refractivity contribution is 7.93. The van der Waals surface area contributed by atoms with Gasteiger partial charge in [-0.3, -0.25) is 14.6 Å². The molecule has 1 saturated carbocycles. The lowest BCUT2D eigenvalue weighted by molar-refractivity contribution is -0.121. The van der Waals surface area contributed by atoms with Crippen molar-refractivity contribution in [2.24, 2.45) is 5.73 Å². The Hall–Kier alpha value is -2.74. The van der Waals surface area contributed by atoms with E-state index in [4.69, 9.17) is 5.73 Å². The number of sulfone groups is 1. The molecule has 3 N–H and O–H groups in total. The van der Waals surface area contributed by atoms with Crippen LogP contribution >= 0.6 is 0 Å².